The summed E-state index contributed by atoms with van der Waals surface area (Å²) >= 11 is 0. The molecule has 4 aliphatic rings. The smallest absolute Gasteiger partial charge is 0.252 e. The van der Waals surface area contributed by atoms with Crippen molar-refractivity contribution >= 4 is 68.6 Å². The number of hydrogen-bond donors (Lipinski definition) is 0. The van der Waals surface area contributed by atoms with Gasteiger partial charge in [0.1, 0.15) is 0 Å². The lowest BCUT2D eigenvalue weighted by molar-refractivity contribution is 0.195. The minimum absolute atomic E-state index is 0.00926. The minimum Gasteiger partial charge on any atom is -0.335 e. The number of fused-ring (bicyclic) bond motifs is 7. The maximum Gasteiger partial charge on any atom is 0.252 e. The van der Waals surface area contributed by atoms with E-state index in [0.29, 0.717) is 0 Å². The Balaban J connectivity index is 1.18. The highest BCUT2D eigenvalue weighted by Crippen LogP contribution is 2.62. The maximum atomic E-state index is 2.88. The summed E-state index contributed by atoms with van der Waals surface area (Å²) in [6.07, 6.45) is 4.81. The molecule has 0 aromatic heterocycles. The highest BCUT2D eigenvalue weighted by atomic mass is 15.3. The van der Waals surface area contributed by atoms with Crippen molar-refractivity contribution in [2.75, 3.05) is 14.7 Å². The predicted molar refractivity (Wildman–Crippen MR) is 296 cm³/mol. The van der Waals surface area contributed by atoms with Gasteiger partial charge in [0, 0.05) is 45.2 Å². The van der Waals surface area contributed by atoms with Crippen LogP contribution < -0.4 is 31.1 Å². The number of anilines is 8. The summed E-state index contributed by atoms with van der Waals surface area (Å²) in [6, 6.07) is 67.3. The van der Waals surface area contributed by atoms with E-state index in [1.807, 2.05) is 0 Å². The van der Waals surface area contributed by atoms with Crippen LogP contribution in [0.3, 0.4) is 0 Å². The fraction of sp³-hybridized carbons (Fsp3) is 0.262. The minimum atomic E-state index is -0.116. The summed E-state index contributed by atoms with van der Waals surface area (Å²) in [5, 5.41) is 0. The van der Waals surface area contributed by atoms with Crippen molar-refractivity contribution in [2.45, 2.75) is 110 Å². The van der Waals surface area contributed by atoms with E-state index < -0.39 is 0 Å². The molecule has 8 aromatic carbocycles. The summed E-state index contributed by atoms with van der Waals surface area (Å²) in [5.74, 6) is 0. The third kappa shape index (κ3) is 6.76. The molecule has 3 nitrogen and oxygen atoms in total. The molecule has 0 saturated heterocycles. The summed E-state index contributed by atoms with van der Waals surface area (Å²) in [5.41, 5.74) is 24.5. The van der Waals surface area contributed by atoms with Crippen LogP contribution in [0, 0.1) is 6.92 Å². The Morgan fingerprint density at radius 1 is 0.493 bits per heavy atom. The normalized spacial score (nSPS) is 18.9. The van der Waals surface area contributed by atoms with E-state index in [-0.39, 0.29) is 28.5 Å². The molecule has 0 N–H and O–H groups in total. The maximum absolute atomic E-state index is 2.88. The molecule has 2 unspecified atom stereocenters. The van der Waals surface area contributed by atoms with Crippen LogP contribution in [0.2, 0.25) is 0 Å². The Morgan fingerprint density at radius 2 is 1.03 bits per heavy atom. The molecular formula is C65H64BN3. The third-order valence-corrected chi connectivity index (χ3v) is 16.7. The number of rotatable bonds is 6. The first-order chi connectivity index (χ1) is 33.1. The van der Waals surface area contributed by atoms with Crippen molar-refractivity contribution in [3.8, 4) is 22.3 Å². The van der Waals surface area contributed by atoms with Crippen molar-refractivity contribution < 1.29 is 0 Å². The SMILES string of the molecule is Cc1cc2c3c(c1)C1(C)CCCCC1(C)N3c1cc(N(c3ccc(C(C)(C)C)cc3)c3ccc(C(C)(C)C)cc3)cc3c1B2c1cc(-c2ccccc2)ccc1N3c1ccc(-c2ccccc2)cc1. The van der Waals surface area contributed by atoms with Gasteiger partial charge in [0.2, 0.25) is 0 Å². The van der Waals surface area contributed by atoms with Crippen LogP contribution in [0.25, 0.3) is 22.3 Å². The van der Waals surface area contributed by atoms with E-state index in [1.54, 1.807) is 0 Å². The summed E-state index contributed by atoms with van der Waals surface area (Å²) in [6.45, 7) is 21.4. The van der Waals surface area contributed by atoms with Crippen molar-refractivity contribution in [1.82, 2.24) is 0 Å². The number of hydrogen-bond acceptors (Lipinski definition) is 3. The van der Waals surface area contributed by atoms with Crippen LogP contribution in [-0.4, -0.2) is 12.3 Å². The molecule has 0 amide bonds. The quantitative estimate of drug-likeness (QED) is 0.154. The molecule has 4 heteroatoms. The first-order valence-corrected chi connectivity index (χ1v) is 25.4. The van der Waals surface area contributed by atoms with Crippen LogP contribution in [0.1, 0.15) is 103 Å². The summed E-state index contributed by atoms with van der Waals surface area (Å²) in [7, 11) is 0. The second-order valence-corrected chi connectivity index (χ2v) is 23.0. The Bertz CT molecular complexity index is 3210. The van der Waals surface area contributed by atoms with Gasteiger partial charge in [0.15, 0.2) is 0 Å². The van der Waals surface area contributed by atoms with Crippen molar-refractivity contribution in [2.24, 2.45) is 0 Å². The van der Waals surface area contributed by atoms with Gasteiger partial charge in [0.25, 0.3) is 6.71 Å². The zero-order valence-corrected chi connectivity index (χ0v) is 42.0. The number of benzene rings is 8. The second kappa shape index (κ2) is 15.6. The Kier molecular flexibility index (Phi) is 9.85. The van der Waals surface area contributed by atoms with E-state index in [9.17, 15) is 0 Å². The van der Waals surface area contributed by atoms with E-state index in [2.05, 4.69) is 253 Å². The van der Waals surface area contributed by atoms with Crippen molar-refractivity contribution in [3.05, 3.63) is 198 Å². The van der Waals surface area contributed by atoms with Gasteiger partial charge in [0.05, 0.1) is 11.2 Å². The Hall–Kier alpha value is -6.78. The molecule has 3 heterocycles. The first kappa shape index (κ1) is 43.5. The number of aryl methyl sites for hydroxylation is 1. The molecule has 1 aliphatic carbocycles. The van der Waals surface area contributed by atoms with Crippen molar-refractivity contribution in [3.63, 3.8) is 0 Å². The van der Waals surface area contributed by atoms with E-state index >= 15 is 0 Å². The average Bonchev–Trinajstić information content (AvgIpc) is 3.56. The van der Waals surface area contributed by atoms with Gasteiger partial charge >= 0.3 is 0 Å². The molecule has 0 spiro atoms. The Morgan fingerprint density at radius 3 is 1.62 bits per heavy atom. The van der Waals surface area contributed by atoms with Crippen LogP contribution in [0.5, 0.6) is 0 Å². The first-order valence-electron chi connectivity index (χ1n) is 25.4. The molecule has 12 rings (SSSR count). The lowest BCUT2D eigenvalue weighted by atomic mass is 9.33. The molecule has 2 atom stereocenters. The van der Waals surface area contributed by atoms with Crippen LogP contribution in [0.4, 0.5) is 45.5 Å². The average molecular weight is 898 g/mol. The highest BCUT2D eigenvalue weighted by molar-refractivity contribution is 7.00. The molecule has 69 heavy (non-hydrogen) atoms. The van der Waals surface area contributed by atoms with E-state index in [0.717, 1.165) is 29.2 Å². The standard InChI is InChI=1S/C65H64BN3/c1-43-38-54-61-56(39-43)66-55-40-47(45-20-14-11-15-21-45)24-35-57(55)68(52-29-22-46(23-30-52)44-18-12-10-13-19-44)58-41-53(42-59(60(58)66)69(61)65(9)37-17-16-36-64(54,65)8)67(50-31-25-48(26-32-50)62(2,3)4)51-33-27-49(28-34-51)63(5,6)7/h10-15,18-35,38-42H,16-17,36-37H2,1-9H3. The van der Waals surface area contributed by atoms with Gasteiger partial charge < -0.3 is 14.7 Å². The molecular weight excluding hydrogens is 834 g/mol. The van der Waals surface area contributed by atoms with Crippen LogP contribution in [-0.2, 0) is 16.2 Å². The fourth-order valence-corrected chi connectivity index (χ4v) is 12.8. The van der Waals surface area contributed by atoms with E-state index in [1.165, 1.54) is 103 Å². The van der Waals surface area contributed by atoms with E-state index in [4.69, 9.17) is 0 Å². The highest BCUT2D eigenvalue weighted by Gasteiger charge is 2.61. The zero-order chi connectivity index (χ0) is 47.6. The lowest BCUT2D eigenvalue weighted by Crippen LogP contribution is -2.64. The molecule has 8 aromatic rings. The topological polar surface area (TPSA) is 9.72 Å². The van der Waals surface area contributed by atoms with Gasteiger partial charge in [-0.3, -0.25) is 0 Å². The fourth-order valence-electron chi connectivity index (χ4n) is 12.8. The van der Waals surface area contributed by atoms with Gasteiger partial charge in [-0.1, -0.05) is 188 Å². The second-order valence-electron chi connectivity index (χ2n) is 23.0. The van der Waals surface area contributed by atoms with Gasteiger partial charge in [-0.15, -0.1) is 0 Å². The number of nitrogens with zero attached hydrogens (tertiary/aromatic N) is 3. The molecule has 0 bridgehead atoms. The zero-order valence-electron chi connectivity index (χ0n) is 42.0. The monoisotopic (exact) mass is 898 g/mol. The molecule has 0 radical (unpaired) electrons. The largest absolute Gasteiger partial charge is 0.335 e. The van der Waals surface area contributed by atoms with Gasteiger partial charge in [-0.25, -0.2) is 0 Å². The summed E-state index contributed by atoms with van der Waals surface area (Å²) < 4.78 is 0. The van der Waals surface area contributed by atoms with Crippen LogP contribution >= 0.6 is 0 Å². The Labute approximate surface area is 411 Å². The molecule has 1 fully saturated rings. The van der Waals surface area contributed by atoms with Crippen LogP contribution in [0.15, 0.2) is 176 Å². The predicted octanol–water partition coefficient (Wildman–Crippen LogP) is 15.7. The lowest BCUT2D eigenvalue weighted by Gasteiger charge is -2.53. The third-order valence-electron chi connectivity index (χ3n) is 16.7. The van der Waals surface area contributed by atoms with Gasteiger partial charge in [-0.05, 0) is 147 Å². The molecule has 342 valence electrons. The van der Waals surface area contributed by atoms with Crippen molar-refractivity contribution in [1.29, 1.82) is 0 Å². The summed E-state index contributed by atoms with van der Waals surface area (Å²) in [4.78, 5) is 8.00. The van der Waals surface area contributed by atoms with Gasteiger partial charge in [-0.2, -0.15) is 0 Å². The molecule has 1 saturated carbocycles. The molecule has 3 aliphatic heterocycles.